The second-order valence-electron chi connectivity index (χ2n) is 15.6. The number of benzene rings is 6. The standard InChI is InChI=1S/C50H49N3O2.C2H6/c1-5-32-53-43-27-26-37-19-9-10-20-38(37)46(43)49(2,3)44(53)28-25-36(34-51)18-15-30-50(4,33-35-16-7-6-8-17-35)47-41-23-13-11-21-39(41)40-22-12-14-24-42(40)48(47)52-31-29-45(54)55;1-2/h6-28,52H,5,29-33H2,1-4H3,(H,54,55);1-2H3/p+1/b18-15+,36-25-,44-28+;. The van der Waals surface area contributed by atoms with E-state index in [-0.39, 0.29) is 11.8 Å². The number of carbonyl (C=O) groups is 1. The lowest BCUT2D eigenvalue weighted by molar-refractivity contribution is -0.569. The molecule has 1 heterocycles. The predicted octanol–water partition coefficient (Wildman–Crippen LogP) is 11.8. The first-order valence-corrected chi connectivity index (χ1v) is 20.5. The number of nitrogens with zero attached hydrogens (tertiary/aromatic N) is 2. The molecule has 290 valence electrons. The van der Waals surface area contributed by atoms with Crippen molar-refractivity contribution in [1.82, 2.24) is 0 Å². The predicted molar refractivity (Wildman–Crippen MR) is 239 cm³/mol. The van der Waals surface area contributed by atoms with E-state index in [0.717, 1.165) is 35.8 Å². The maximum Gasteiger partial charge on any atom is 0.309 e. The van der Waals surface area contributed by atoms with Crippen LogP contribution in [0.3, 0.4) is 0 Å². The van der Waals surface area contributed by atoms with Gasteiger partial charge in [-0.05, 0) is 87.7 Å². The highest BCUT2D eigenvalue weighted by atomic mass is 16.4. The molecule has 0 saturated carbocycles. The van der Waals surface area contributed by atoms with Crippen LogP contribution in [0, 0.1) is 11.3 Å². The van der Waals surface area contributed by atoms with E-state index < -0.39 is 11.4 Å². The number of rotatable bonds is 13. The zero-order chi connectivity index (χ0) is 40.6. The van der Waals surface area contributed by atoms with Crippen molar-refractivity contribution in [1.29, 1.82) is 5.26 Å². The van der Waals surface area contributed by atoms with Crippen LogP contribution in [0.1, 0.15) is 77.5 Å². The van der Waals surface area contributed by atoms with Crippen LogP contribution in [0.4, 0.5) is 11.4 Å². The van der Waals surface area contributed by atoms with Crippen LogP contribution in [0.25, 0.3) is 32.3 Å². The topological polar surface area (TPSA) is 80.9 Å². The highest BCUT2D eigenvalue weighted by Crippen LogP contribution is 2.51. The van der Waals surface area contributed by atoms with Gasteiger partial charge >= 0.3 is 5.97 Å². The van der Waals surface area contributed by atoms with E-state index in [4.69, 9.17) is 0 Å². The minimum Gasteiger partial charge on any atom is -0.481 e. The Bertz CT molecular complexity index is 2520. The number of quaternary nitrogens is 1. The molecule has 0 saturated heterocycles. The zero-order valence-corrected chi connectivity index (χ0v) is 34.3. The summed E-state index contributed by atoms with van der Waals surface area (Å²) in [5, 5.41) is 29.3. The maximum atomic E-state index is 11.7. The van der Waals surface area contributed by atoms with E-state index >= 15 is 0 Å². The van der Waals surface area contributed by atoms with Gasteiger partial charge in [0.1, 0.15) is 5.69 Å². The second-order valence-corrected chi connectivity index (χ2v) is 15.6. The lowest BCUT2D eigenvalue weighted by Gasteiger charge is -2.32. The molecule has 57 heavy (non-hydrogen) atoms. The normalized spacial score (nSPS) is 15.4. The molecule has 7 rings (SSSR count). The summed E-state index contributed by atoms with van der Waals surface area (Å²) < 4.78 is 0. The molecular weight excluding hydrogens is 699 g/mol. The van der Waals surface area contributed by atoms with Crippen LogP contribution < -0.4 is 10.2 Å². The summed E-state index contributed by atoms with van der Waals surface area (Å²) in [5.74, 6) is -0.806. The van der Waals surface area contributed by atoms with Gasteiger partial charge in [-0.2, -0.15) is 5.26 Å². The molecule has 1 aliphatic heterocycles. The van der Waals surface area contributed by atoms with Crippen molar-refractivity contribution in [3.8, 4) is 6.07 Å². The fourth-order valence-electron chi connectivity index (χ4n) is 8.92. The molecule has 0 amide bonds. The first-order chi connectivity index (χ1) is 27.7. The highest BCUT2D eigenvalue weighted by Gasteiger charge is 2.41. The molecule has 0 spiro atoms. The van der Waals surface area contributed by atoms with Gasteiger partial charge in [0.2, 0.25) is 0 Å². The number of allylic oxidation sites excluding steroid dienone is 6. The SMILES string of the molecule is CC.CCCN1/C(=C/C=C(C#N)/C=C/CC(C)(Cc2ccccc2)c2c([NH2+]CCC(=O)O)c3ccccc3c3ccccc23)C(C)(C)c2c1ccc1ccccc21. The molecule has 0 aliphatic carbocycles. The molecule has 1 aliphatic rings. The number of nitrogens with two attached hydrogens (primary N) is 1. The molecule has 1 atom stereocenters. The first-order valence-electron chi connectivity index (χ1n) is 20.5. The Morgan fingerprint density at radius 2 is 1.46 bits per heavy atom. The Morgan fingerprint density at radius 1 is 0.842 bits per heavy atom. The molecule has 6 aromatic carbocycles. The number of aliphatic carboxylic acids is 1. The molecule has 0 aromatic heterocycles. The smallest absolute Gasteiger partial charge is 0.309 e. The third kappa shape index (κ3) is 8.29. The van der Waals surface area contributed by atoms with Gasteiger partial charge in [-0.3, -0.25) is 4.79 Å². The van der Waals surface area contributed by atoms with Crippen molar-refractivity contribution in [2.75, 3.05) is 18.0 Å². The molecule has 0 radical (unpaired) electrons. The van der Waals surface area contributed by atoms with Crippen LogP contribution in [0.15, 0.2) is 151 Å². The third-order valence-electron chi connectivity index (χ3n) is 11.3. The van der Waals surface area contributed by atoms with Gasteiger partial charge in [0.05, 0.1) is 24.6 Å². The lowest BCUT2D eigenvalue weighted by Crippen LogP contribution is -2.79. The molecule has 5 nitrogen and oxygen atoms in total. The average Bonchev–Trinajstić information content (AvgIpc) is 3.44. The summed E-state index contributed by atoms with van der Waals surface area (Å²) >= 11 is 0. The van der Waals surface area contributed by atoms with Gasteiger partial charge in [0.25, 0.3) is 0 Å². The van der Waals surface area contributed by atoms with E-state index in [1.54, 1.807) is 0 Å². The Hall–Kier alpha value is -5.96. The Morgan fingerprint density at radius 3 is 2.12 bits per heavy atom. The Balaban J connectivity index is 0.00000270. The van der Waals surface area contributed by atoms with Crippen LogP contribution in [-0.2, 0) is 22.0 Å². The lowest BCUT2D eigenvalue weighted by atomic mass is 9.71. The van der Waals surface area contributed by atoms with Gasteiger partial charge in [0, 0.05) is 39.7 Å². The van der Waals surface area contributed by atoms with Gasteiger partial charge in [0.15, 0.2) is 0 Å². The average molecular weight is 755 g/mol. The minimum absolute atomic E-state index is 0.0650. The molecule has 3 N–H and O–H groups in total. The Labute approximate surface area is 338 Å². The number of carboxylic acid groups (broad SMARTS) is 1. The van der Waals surface area contributed by atoms with Crippen molar-refractivity contribution >= 4 is 49.7 Å². The summed E-state index contributed by atoms with van der Waals surface area (Å²) in [5.41, 5.74) is 7.25. The van der Waals surface area contributed by atoms with Crippen molar-refractivity contribution < 1.29 is 15.2 Å². The number of hydrogen-bond donors (Lipinski definition) is 2. The molecule has 0 fully saturated rings. The number of fused-ring (bicyclic) bond motifs is 6. The summed E-state index contributed by atoms with van der Waals surface area (Å²) in [6.07, 6.45) is 10.8. The summed E-state index contributed by atoms with van der Waals surface area (Å²) in [4.78, 5) is 14.1. The van der Waals surface area contributed by atoms with Crippen molar-refractivity contribution in [2.45, 2.75) is 78.1 Å². The van der Waals surface area contributed by atoms with Crippen molar-refractivity contribution in [3.63, 3.8) is 0 Å². The van der Waals surface area contributed by atoms with Crippen molar-refractivity contribution in [2.24, 2.45) is 0 Å². The number of carboxylic acids is 1. The van der Waals surface area contributed by atoms with E-state index in [2.05, 4.69) is 165 Å². The highest BCUT2D eigenvalue weighted by molar-refractivity contribution is 6.14. The van der Waals surface area contributed by atoms with E-state index in [1.807, 2.05) is 32.1 Å². The number of nitriles is 1. The fourth-order valence-corrected chi connectivity index (χ4v) is 8.92. The molecule has 6 aromatic rings. The van der Waals surface area contributed by atoms with Crippen LogP contribution in [0.2, 0.25) is 0 Å². The minimum atomic E-state index is -0.806. The Kier molecular flexibility index (Phi) is 12.8. The molecule has 0 bridgehead atoms. The summed E-state index contributed by atoms with van der Waals surface area (Å²) in [7, 11) is 0. The van der Waals surface area contributed by atoms with Crippen LogP contribution in [0.5, 0.6) is 0 Å². The maximum absolute atomic E-state index is 11.7. The number of anilines is 1. The molecular formula is C52H56N3O2+. The quantitative estimate of drug-likeness (QED) is 0.0532. The van der Waals surface area contributed by atoms with Gasteiger partial charge in [-0.25, -0.2) is 0 Å². The molecule has 1 unspecified atom stereocenters. The van der Waals surface area contributed by atoms with E-state index in [1.165, 1.54) is 49.6 Å². The second kappa shape index (κ2) is 17.9. The van der Waals surface area contributed by atoms with Crippen molar-refractivity contribution in [3.05, 3.63) is 168 Å². The zero-order valence-electron chi connectivity index (χ0n) is 34.3. The summed E-state index contributed by atoms with van der Waals surface area (Å²) in [6.45, 7) is 14.5. The van der Waals surface area contributed by atoms with E-state index in [9.17, 15) is 15.2 Å². The van der Waals surface area contributed by atoms with E-state index in [0.29, 0.717) is 18.5 Å². The summed E-state index contributed by atoms with van der Waals surface area (Å²) in [6, 6.07) is 43.2. The molecule has 5 heteroatoms. The van der Waals surface area contributed by atoms with Crippen LogP contribution in [-0.4, -0.2) is 24.2 Å². The van der Waals surface area contributed by atoms with Gasteiger partial charge < -0.3 is 15.3 Å². The largest absolute Gasteiger partial charge is 0.481 e. The monoisotopic (exact) mass is 754 g/mol. The van der Waals surface area contributed by atoms with Crippen LogP contribution >= 0.6 is 0 Å². The fraction of sp³-hybridized carbons (Fsp3) is 0.269. The van der Waals surface area contributed by atoms with Gasteiger partial charge in [-0.1, -0.05) is 151 Å². The number of hydrogen-bond acceptors (Lipinski definition) is 3. The first kappa shape index (κ1) is 40.7. The third-order valence-corrected chi connectivity index (χ3v) is 11.3. The van der Waals surface area contributed by atoms with Gasteiger partial charge in [-0.15, -0.1) is 0 Å².